The highest BCUT2D eigenvalue weighted by Crippen LogP contribution is 2.24. The minimum atomic E-state index is -0.655. The second kappa shape index (κ2) is 8.67. The van der Waals surface area contributed by atoms with Gasteiger partial charge in [0.1, 0.15) is 17.8 Å². The van der Waals surface area contributed by atoms with Crippen LogP contribution in [-0.2, 0) is 22.4 Å². The lowest BCUT2D eigenvalue weighted by atomic mass is 10.0. The van der Waals surface area contributed by atoms with Crippen molar-refractivity contribution in [3.8, 4) is 5.75 Å². The number of hydrogen-bond acceptors (Lipinski definition) is 4. The van der Waals surface area contributed by atoms with Crippen LogP contribution in [0.3, 0.4) is 0 Å². The quantitative estimate of drug-likeness (QED) is 0.589. The summed E-state index contributed by atoms with van der Waals surface area (Å²) in [6.45, 7) is 2.34. The fourth-order valence-corrected chi connectivity index (χ4v) is 4.19. The fourth-order valence-electron chi connectivity index (χ4n) is 4.19. The molecule has 0 spiro atoms. The Labute approximate surface area is 180 Å². The van der Waals surface area contributed by atoms with Crippen LogP contribution in [0.1, 0.15) is 24.5 Å². The molecule has 31 heavy (non-hydrogen) atoms. The lowest BCUT2D eigenvalue weighted by molar-refractivity contribution is -0.147. The number of carbonyl (C=O) groups excluding carboxylic acids is 3. The number of nitrogens with zero attached hydrogens (tertiary/aromatic N) is 1. The van der Waals surface area contributed by atoms with Crippen LogP contribution in [0.15, 0.2) is 48.5 Å². The maximum absolute atomic E-state index is 13.0. The van der Waals surface area contributed by atoms with E-state index < -0.39 is 12.1 Å². The van der Waals surface area contributed by atoms with Crippen molar-refractivity contribution in [2.45, 2.75) is 44.3 Å². The van der Waals surface area contributed by atoms with Crippen LogP contribution in [0.5, 0.6) is 5.75 Å². The zero-order chi connectivity index (χ0) is 22.0. The number of rotatable bonds is 5. The molecule has 8 nitrogen and oxygen atoms in total. The van der Waals surface area contributed by atoms with E-state index in [-0.39, 0.29) is 29.6 Å². The summed E-state index contributed by atoms with van der Waals surface area (Å²) in [6.07, 6.45) is 1.60. The highest BCUT2D eigenvalue weighted by atomic mass is 16.3. The molecule has 0 radical (unpaired) electrons. The van der Waals surface area contributed by atoms with Gasteiger partial charge in [-0.05, 0) is 48.2 Å². The molecule has 4 rings (SSSR count). The molecule has 2 aliphatic heterocycles. The van der Waals surface area contributed by atoms with Gasteiger partial charge in [-0.2, -0.15) is 0 Å². The average Bonchev–Trinajstić information content (AvgIpc) is 3.18. The zero-order valence-corrected chi connectivity index (χ0v) is 17.3. The highest BCUT2D eigenvalue weighted by Gasteiger charge is 2.46. The number of piperazine rings is 1. The Morgan fingerprint density at radius 2 is 1.94 bits per heavy atom. The van der Waals surface area contributed by atoms with Gasteiger partial charge < -0.3 is 26.0 Å². The Balaban J connectivity index is 1.36. The van der Waals surface area contributed by atoms with E-state index in [0.717, 1.165) is 17.5 Å². The Bertz CT molecular complexity index is 991. The van der Waals surface area contributed by atoms with Crippen molar-refractivity contribution in [2.75, 3.05) is 11.9 Å². The number of aryl methyl sites for hydroxylation is 1. The molecule has 8 heteroatoms. The van der Waals surface area contributed by atoms with E-state index in [2.05, 4.69) is 16.0 Å². The number of urea groups is 1. The highest BCUT2D eigenvalue weighted by molar-refractivity contribution is 5.98. The monoisotopic (exact) mass is 422 g/mol. The SMILES string of the molecule is CCc1cccc(NC(=O)N[C@H]2C[C@H]3C(=O)N[C@@H](Cc4ccc(O)cc4)C(=O)N3C2)c1. The topological polar surface area (TPSA) is 111 Å². The molecule has 4 N–H and O–H groups in total. The van der Waals surface area contributed by atoms with Crippen molar-refractivity contribution >= 4 is 23.5 Å². The minimum Gasteiger partial charge on any atom is -0.508 e. The largest absolute Gasteiger partial charge is 0.508 e. The predicted octanol–water partition coefficient (Wildman–Crippen LogP) is 1.79. The summed E-state index contributed by atoms with van der Waals surface area (Å²) in [6, 6.07) is 12.3. The first kappa shape index (κ1) is 20.7. The van der Waals surface area contributed by atoms with Gasteiger partial charge in [-0.1, -0.05) is 31.2 Å². The molecule has 162 valence electrons. The molecular weight excluding hydrogens is 396 g/mol. The van der Waals surface area contributed by atoms with Crippen molar-refractivity contribution in [1.29, 1.82) is 0 Å². The van der Waals surface area contributed by atoms with Crippen LogP contribution in [0.2, 0.25) is 0 Å². The molecule has 4 amide bonds. The van der Waals surface area contributed by atoms with Crippen LogP contribution in [0, 0.1) is 0 Å². The van der Waals surface area contributed by atoms with E-state index >= 15 is 0 Å². The number of phenols is 1. The van der Waals surface area contributed by atoms with Crippen LogP contribution < -0.4 is 16.0 Å². The summed E-state index contributed by atoms with van der Waals surface area (Å²) in [5.41, 5.74) is 2.67. The molecule has 2 heterocycles. The third-order valence-electron chi connectivity index (χ3n) is 5.81. The maximum Gasteiger partial charge on any atom is 0.319 e. The van der Waals surface area contributed by atoms with E-state index in [1.807, 2.05) is 31.2 Å². The summed E-state index contributed by atoms with van der Waals surface area (Å²) in [4.78, 5) is 39.5. The smallest absolute Gasteiger partial charge is 0.319 e. The van der Waals surface area contributed by atoms with Gasteiger partial charge >= 0.3 is 6.03 Å². The first-order valence-electron chi connectivity index (χ1n) is 10.5. The molecule has 2 fully saturated rings. The first-order valence-corrected chi connectivity index (χ1v) is 10.5. The number of amides is 4. The minimum absolute atomic E-state index is 0.149. The Hall–Kier alpha value is -3.55. The summed E-state index contributed by atoms with van der Waals surface area (Å²) < 4.78 is 0. The van der Waals surface area contributed by atoms with Crippen molar-refractivity contribution in [3.05, 3.63) is 59.7 Å². The number of carbonyl (C=O) groups is 3. The molecule has 0 unspecified atom stereocenters. The molecule has 2 saturated heterocycles. The van der Waals surface area contributed by atoms with E-state index in [0.29, 0.717) is 25.1 Å². The molecular formula is C23H26N4O4. The molecule has 0 aliphatic carbocycles. The number of aromatic hydroxyl groups is 1. The van der Waals surface area contributed by atoms with Gasteiger partial charge in [0.15, 0.2) is 0 Å². The maximum atomic E-state index is 13.0. The lowest BCUT2D eigenvalue weighted by Gasteiger charge is -2.34. The molecule has 0 bridgehead atoms. The van der Waals surface area contributed by atoms with Crippen molar-refractivity contribution in [3.63, 3.8) is 0 Å². The predicted molar refractivity (Wildman–Crippen MR) is 116 cm³/mol. The number of benzene rings is 2. The van der Waals surface area contributed by atoms with E-state index in [1.54, 1.807) is 29.2 Å². The summed E-state index contributed by atoms with van der Waals surface area (Å²) in [5, 5.41) is 17.9. The first-order chi connectivity index (χ1) is 14.9. The van der Waals surface area contributed by atoms with Crippen molar-refractivity contribution < 1.29 is 19.5 Å². The number of nitrogens with one attached hydrogen (secondary N) is 3. The Kier molecular flexibility index (Phi) is 5.79. The van der Waals surface area contributed by atoms with E-state index in [4.69, 9.17) is 0 Å². The van der Waals surface area contributed by atoms with Gasteiger partial charge in [-0.15, -0.1) is 0 Å². The molecule has 2 aromatic rings. The summed E-state index contributed by atoms with van der Waals surface area (Å²) in [7, 11) is 0. The number of anilines is 1. The third kappa shape index (κ3) is 4.63. The molecule has 2 aliphatic rings. The van der Waals surface area contributed by atoms with Crippen LogP contribution >= 0.6 is 0 Å². The van der Waals surface area contributed by atoms with E-state index in [9.17, 15) is 19.5 Å². The van der Waals surface area contributed by atoms with Crippen LogP contribution in [-0.4, -0.2) is 52.5 Å². The van der Waals surface area contributed by atoms with Crippen molar-refractivity contribution in [2.24, 2.45) is 0 Å². The van der Waals surface area contributed by atoms with Crippen molar-refractivity contribution in [1.82, 2.24) is 15.5 Å². The average molecular weight is 422 g/mol. The third-order valence-corrected chi connectivity index (χ3v) is 5.81. The van der Waals surface area contributed by atoms with Gasteiger partial charge in [0.25, 0.3) is 0 Å². The second-order valence-electron chi connectivity index (χ2n) is 8.02. The second-order valence-corrected chi connectivity index (χ2v) is 8.02. The normalized spacial score (nSPS) is 22.6. The Morgan fingerprint density at radius 3 is 2.68 bits per heavy atom. The van der Waals surface area contributed by atoms with Gasteiger partial charge in [-0.3, -0.25) is 9.59 Å². The number of hydrogen-bond donors (Lipinski definition) is 4. The number of phenolic OH excluding ortho intramolecular Hbond substituents is 1. The summed E-state index contributed by atoms with van der Waals surface area (Å²) in [5.74, 6) is -0.210. The van der Waals surface area contributed by atoms with Crippen LogP contribution in [0.25, 0.3) is 0 Å². The fraction of sp³-hybridized carbons (Fsp3) is 0.348. The molecule has 0 saturated carbocycles. The molecule has 3 atom stereocenters. The standard InChI is InChI=1S/C23H26N4O4/c1-2-14-4-3-5-16(10-14)24-23(31)25-17-12-20-21(29)26-19(22(30)27(20)13-17)11-15-6-8-18(28)9-7-15/h3-10,17,19-20,28H,2,11-13H2,1H3,(H,26,29)(H2,24,25,31)/t17-,19-,20-/m0/s1. The van der Waals surface area contributed by atoms with Gasteiger partial charge in [0.2, 0.25) is 11.8 Å². The van der Waals surface area contributed by atoms with Gasteiger partial charge in [0, 0.05) is 18.7 Å². The molecule has 0 aromatic heterocycles. The van der Waals surface area contributed by atoms with Gasteiger partial charge in [0.05, 0.1) is 6.04 Å². The lowest BCUT2D eigenvalue weighted by Crippen LogP contribution is -2.61. The Morgan fingerprint density at radius 1 is 1.16 bits per heavy atom. The van der Waals surface area contributed by atoms with Crippen LogP contribution in [0.4, 0.5) is 10.5 Å². The summed E-state index contributed by atoms with van der Waals surface area (Å²) >= 11 is 0. The zero-order valence-electron chi connectivity index (χ0n) is 17.3. The number of fused-ring (bicyclic) bond motifs is 1. The molecule has 2 aromatic carbocycles. The van der Waals surface area contributed by atoms with E-state index in [1.165, 1.54) is 0 Å². The van der Waals surface area contributed by atoms with Gasteiger partial charge in [-0.25, -0.2) is 4.79 Å².